The van der Waals surface area contributed by atoms with Gasteiger partial charge in [-0.2, -0.15) is 0 Å². The molecule has 0 aliphatic carbocycles. The fourth-order valence-electron chi connectivity index (χ4n) is 2.66. The van der Waals surface area contributed by atoms with Crippen molar-refractivity contribution in [1.82, 2.24) is 15.6 Å². The van der Waals surface area contributed by atoms with E-state index >= 15 is 0 Å². The van der Waals surface area contributed by atoms with Gasteiger partial charge in [-0.05, 0) is 42.7 Å². The summed E-state index contributed by atoms with van der Waals surface area (Å²) in [7, 11) is 0. The van der Waals surface area contributed by atoms with E-state index in [-0.39, 0.29) is 30.7 Å². The molecule has 1 aliphatic rings. The molecule has 4 nitrogen and oxygen atoms in total. The van der Waals surface area contributed by atoms with Crippen LogP contribution in [0.3, 0.4) is 0 Å². The molecule has 0 unspecified atom stereocenters. The van der Waals surface area contributed by atoms with Crippen molar-refractivity contribution in [1.29, 1.82) is 0 Å². The van der Waals surface area contributed by atoms with Gasteiger partial charge >= 0.3 is 0 Å². The molecule has 3 rings (SSSR count). The van der Waals surface area contributed by atoms with Crippen LogP contribution in [0.2, 0.25) is 0 Å². The Morgan fingerprint density at radius 2 is 1.87 bits per heavy atom. The topological polar surface area (TPSA) is 54.0 Å². The van der Waals surface area contributed by atoms with E-state index in [4.69, 9.17) is 0 Å². The third-order valence-electron chi connectivity index (χ3n) is 3.82. The van der Waals surface area contributed by atoms with Crippen LogP contribution in [0.5, 0.6) is 0 Å². The Bertz CT molecular complexity index is 704. The smallest absolute Gasteiger partial charge is 0.253 e. The van der Waals surface area contributed by atoms with Crippen LogP contribution in [0.25, 0.3) is 0 Å². The molecule has 6 heteroatoms. The molecule has 1 amide bonds. The van der Waals surface area contributed by atoms with Gasteiger partial charge in [0.2, 0.25) is 0 Å². The number of halogens is 2. The van der Waals surface area contributed by atoms with Crippen molar-refractivity contribution < 1.29 is 4.79 Å². The Balaban J connectivity index is 0.00000132. The Morgan fingerprint density at radius 3 is 2.61 bits per heavy atom. The molecule has 2 heterocycles. The first kappa shape index (κ1) is 19.4. The minimum atomic E-state index is -0.0707. The number of carbonyl (C=O) groups excluding carboxylic acids is 1. The summed E-state index contributed by atoms with van der Waals surface area (Å²) in [5.41, 5.74) is 6.14. The van der Waals surface area contributed by atoms with E-state index in [1.165, 1.54) is 11.1 Å². The van der Waals surface area contributed by atoms with E-state index < -0.39 is 0 Å². The first-order chi connectivity index (χ1) is 10.1. The lowest BCUT2D eigenvalue weighted by Crippen LogP contribution is -2.24. The molecular weight excluding hydrogens is 333 g/mol. The lowest BCUT2D eigenvalue weighted by molar-refractivity contribution is 0.0950. The van der Waals surface area contributed by atoms with Crippen LogP contribution in [-0.2, 0) is 19.6 Å². The van der Waals surface area contributed by atoms with Crippen LogP contribution in [0, 0.1) is 13.8 Å². The number of aryl methyl sites for hydroxylation is 2. The third kappa shape index (κ3) is 4.44. The second-order valence-electron chi connectivity index (χ2n) is 5.47. The van der Waals surface area contributed by atoms with Gasteiger partial charge in [0.1, 0.15) is 0 Å². The van der Waals surface area contributed by atoms with Crippen LogP contribution in [0.4, 0.5) is 0 Å². The average Bonchev–Trinajstić information content (AvgIpc) is 2.92. The molecular formula is C17H21Cl2N3O. The van der Waals surface area contributed by atoms with E-state index in [0.717, 1.165) is 30.0 Å². The number of benzene rings is 1. The summed E-state index contributed by atoms with van der Waals surface area (Å²) in [5.74, 6) is -0.0707. The van der Waals surface area contributed by atoms with E-state index in [2.05, 4.69) is 33.8 Å². The number of nitrogens with zero attached hydrogens (tertiary/aromatic N) is 1. The van der Waals surface area contributed by atoms with Crippen LogP contribution in [-0.4, -0.2) is 10.9 Å². The summed E-state index contributed by atoms with van der Waals surface area (Å²) in [6.07, 6.45) is 0. The molecule has 124 valence electrons. The zero-order chi connectivity index (χ0) is 14.8. The Morgan fingerprint density at radius 1 is 1.13 bits per heavy atom. The first-order valence-electron chi connectivity index (χ1n) is 7.17. The maximum absolute atomic E-state index is 12.2. The van der Waals surface area contributed by atoms with Gasteiger partial charge in [0.15, 0.2) is 0 Å². The highest BCUT2D eigenvalue weighted by Gasteiger charge is 2.12. The predicted molar refractivity (Wildman–Crippen MR) is 96.4 cm³/mol. The molecule has 0 fully saturated rings. The molecule has 0 atom stereocenters. The second kappa shape index (κ2) is 8.29. The van der Waals surface area contributed by atoms with Crippen molar-refractivity contribution in [3.63, 3.8) is 0 Å². The highest BCUT2D eigenvalue weighted by Crippen LogP contribution is 2.17. The predicted octanol–water partition coefficient (Wildman–Crippen LogP) is 3.08. The minimum Gasteiger partial charge on any atom is -0.348 e. The largest absolute Gasteiger partial charge is 0.348 e. The molecule has 1 aliphatic heterocycles. The number of pyridine rings is 1. The molecule has 0 radical (unpaired) electrons. The van der Waals surface area contributed by atoms with Crippen molar-refractivity contribution in [3.05, 3.63) is 64.0 Å². The number of nitrogens with one attached hydrogen (secondary N) is 2. The zero-order valence-electron chi connectivity index (χ0n) is 13.2. The van der Waals surface area contributed by atoms with Crippen LogP contribution in [0.15, 0.2) is 30.3 Å². The van der Waals surface area contributed by atoms with Gasteiger partial charge in [0, 0.05) is 25.3 Å². The molecule has 2 aromatic rings. The van der Waals surface area contributed by atoms with Gasteiger partial charge in [0.25, 0.3) is 5.91 Å². The highest BCUT2D eigenvalue weighted by molar-refractivity contribution is 5.95. The van der Waals surface area contributed by atoms with Crippen LogP contribution < -0.4 is 10.6 Å². The number of fused-ring (bicyclic) bond motifs is 1. The van der Waals surface area contributed by atoms with Gasteiger partial charge in [-0.1, -0.05) is 18.2 Å². The third-order valence-corrected chi connectivity index (χ3v) is 3.82. The van der Waals surface area contributed by atoms with E-state index in [1.807, 2.05) is 26.0 Å². The fourth-order valence-corrected chi connectivity index (χ4v) is 2.66. The molecule has 0 spiro atoms. The second-order valence-corrected chi connectivity index (χ2v) is 5.47. The summed E-state index contributed by atoms with van der Waals surface area (Å²) in [4.78, 5) is 16.5. The number of rotatable bonds is 3. The Hall–Kier alpha value is -1.62. The zero-order valence-corrected chi connectivity index (χ0v) is 14.8. The first-order valence-corrected chi connectivity index (χ1v) is 7.17. The van der Waals surface area contributed by atoms with Gasteiger partial charge in [-0.25, -0.2) is 0 Å². The van der Waals surface area contributed by atoms with Gasteiger partial charge in [-0.15, -0.1) is 24.8 Å². The summed E-state index contributed by atoms with van der Waals surface area (Å²) < 4.78 is 0. The summed E-state index contributed by atoms with van der Waals surface area (Å²) >= 11 is 0. The standard InChI is InChI=1S/C17H19N3O.2ClH/c1-11-3-6-16(12(2)20-11)17(21)19-8-13-4-5-14-9-18-10-15(14)7-13;;/h3-7,18H,8-10H2,1-2H3,(H,19,21);2*1H. The number of amides is 1. The van der Waals surface area contributed by atoms with Crippen molar-refractivity contribution in [2.45, 2.75) is 33.5 Å². The molecule has 0 bridgehead atoms. The molecule has 23 heavy (non-hydrogen) atoms. The van der Waals surface area contributed by atoms with Gasteiger partial charge < -0.3 is 10.6 Å². The average molecular weight is 354 g/mol. The lowest BCUT2D eigenvalue weighted by atomic mass is 10.1. The molecule has 1 aromatic heterocycles. The maximum Gasteiger partial charge on any atom is 0.253 e. The lowest BCUT2D eigenvalue weighted by Gasteiger charge is -2.09. The summed E-state index contributed by atoms with van der Waals surface area (Å²) in [6.45, 7) is 6.18. The monoisotopic (exact) mass is 353 g/mol. The van der Waals surface area contributed by atoms with Crippen molar-refractivity contribution in [3.8, 4) is 0 Å². The van der Waals surface area contributed by atoms with Crippen LogP contribution >= 0.6 is 24.8 Å². The number of aromatic nitrogens is 1. The van der Waals surface area contributed by atoms with Crippen molar-refractivity contribution >= 4 is 30.7 Å². The summed E-state index contributed by atoms with van der Waals surface area (Å²) in [6, 6.07) is 10.1. The molecule has 2 N–H and O–H groups in total. The molecule has 0 saturated heterocycles. The van der Waals surface area contributed by atoms with E-state index in [1.54, 1.807) is 0 Å². The normalized spacial score (nSPS) is 11.9. The molecule has 1 aromatic carbocycles. The fraction of sp³-hybridized carbons (Fsp3) is 0.294. The summed E-state index contributed by atoms with van der Waals surface area (Å²) in [5, 5.41) is 6.29. The Labute approximate surface area is 148 Å². The highest BCUT2D eigenvalue weighted by atomic mass is 35.5. The quantitative estimate of drug-likeness (QED) is 0.891. The van der Waals surface area contributed by atoms with Gasteiger partial charge in [0.05, 0.1) is 11.3 Å². The SMILES string of the molecule is Cc1ccc(C(=O)NCc2ccc3c(c2)CNC3)c(C)n1.Cl.Cl. The number of hydrogen-bond donors (Lipinski definition) is 2. The van der Waals surface area contributed by atoms with Crippen molar-refractivity contribution in [2.24, 2.45) is 0 Å². The van der Waals surface area contributed by atoms with Crippen molar-refractivity contribution in [2.75, 3.05) is 0 Å². The van der Waals surface area contributed by atoms with E-state index in [0.29, 0.717) is 12.1 Å². The minimum absolute atomic E-state index is 0. The number of carbonyl (C=O) groups is 1. The van der Waals surface area contributed by atoms with E-state index in [9.17, 15) is 4.79 Å². The maximum atomic E-state index is 12.2. The number of hydrogen-bond acceptors (Lipinski definition) is 3. The van der Waals surface area contributed by atoms with Gasteiger partial charge in [-0.3, -0.25) is 9.78 Å². The molecule has 0 saturated carbocycles. The van der Waals surface area contributed by atoms with Crippen LogP contribution in [0.1, 0.15) is 38.4 Å². The Kier molecular flexibility index (Phi) is 7.01.